The van der Waals surface area contributed by atoms with Gasteiger partial charge in [-0.1, -0.05) is 0 Å². The Labute approximate surface area is 116 Å². The molecule has 8 heteroatoms. The monoisotopic (exact) mass is 291 g/mol. The lowest BCUT2D eigenvalue weighted by atomic mass is 10.4. The number of aromatic amines is 1. The zero-order valence-electron chi connectivity index (χ0n) is 9.99. The van der Waals surface area contributed by atoms with Crippen LogP contribution >= 0.6 is 11.3 Å². The van der Waals surface area contributed by atoms with Gasteiger partial charge in [0.15, 0.2) is 5.82 Å². The van der Waals surface area contributed by atoms with E-state index in [1.54, 1.807) is 12.1 Å². The molecule has 1 amide bonds. The molecule has 0 fully saturated rings. The van der Waals surface area contributed by atoms with Gasteiger partial charge in [-0.3, -0.25) is 9.59 Å². The van der Waals surface area contributed by atoms with E-state index in [4.69, 9.17) is 5.11 Å². The van der Waals surface area contributed by atoms with Crippen molar-refractivity contribution in [2.75, 3.05) is 5.32 Å². The standard InChI is InChI=1S/C12H9N3O4S/c16-10-5-4-9(14-15-10)13-12(19)8-3-1-7(20-8)2-6-11(17)18/h1-6H,(H,15,16)(H,17,18)(H,13,14,19)/b6-2+. The molecule has 3 N–H and O–H groups in total. The van der Waals surface area contributed by atoms with Crippen LogP contribution in [0.4, 0.5) is 5.82 Å². The fourth-order valence-electron chi connectivity index (χ4n) is 1.31. The maximum absolute atomic E-state index is 11.9. The number of carboxylic acid groups (broad SMARTS) is 1. The van der Waals surface area contributed by atoms with Gasteiger partial charge in [0.05, 0.1) is 4.88 Å². The van der Waals surface area contributed by atoms with Crippen molar-refractivity contribution >= 4 is 35.1 Å². The van der Waals surface area contributed by atoms with Crippen molar-refractivity contribution in [2.45, 2.75) is 0 Å². The van der Waals surface area contributed by atoms with Crippen molar-refractivity contribution in [3.63, 3.8) is 0 Å². The number of carbonyl (C=O) groups is 2. The van der Waals surface area contributed by atoms with Crippen LogP contribution in [-0.2, 0) is 4.79 Å². The van der Waals surface area contributed by atoms with E-state index in [-0.39, 0.29) is 17.3 Å². The molecule has 0 aromatic carbocycles. The largest absolute Gasteiger partial charge is 0.478 e. The average molecular weight is 291 g/mol. The quantitative estimate of drug-likeness (QED) is 0.732. The number of thiophene rings is 1. The summed E-state index contributed by atoms with van der Waals surface area (Å²) in [6.07, 6.45) is 2.40. The fraction of sp³-hybridized carbons (Fsp3) is 0. The second-order valence-electron chi connectivity index (χ2n) is 3.63. The van der Waals surface area contributed by atoms with Crippen LogP contribution in [0.5, 0.6) is 0 Å². The number of nitrogens with one attached hydrogen (secondary N) is 2. The first-order valence-corrected chi connectivity index (χ1v) is 6.24. The van der Waals surface area contributed by atoms with Crippen LogP contribution in [0.3, 0.4) is 0 Å². The van der Waals surface area contributed by atoms with E-state index in [1.807, 2.05) is 0 Å². The Kier molecular flexibility index (Phi) is 4.06. The lowest BCUT2D eigenvalue weighted by Gasteiger charge is -2.00. The molecule has 7 nitrogen and oxygen atoms in total. The highest BCUT2D eigenvalue weighted by Crippen LogP contribution is 2.18. The van der Waals surface area contributed by atoms with Crippen LogP contribution in [-0.4, -0.2) is 27.2 Å². The first-order valence-electron chi connectivity index (χ1n) is 5.42. The maximum Gasteiger partial charge on any atom is 0.328 e. The lowest BCUT2D eigenvalue weighted by Crippen LogP contribution is -2.14. The molecule has 0 aliphatic carbocycles. The molecule has 0 aliphatic rings. The fourth-order valence-corrected chi connectivity index (χ4v) is 2.12. The molecule has 2 aromatic heterocycles. The normalized spacial score (nSPS) is 10.6. The summed E-state index contributed by atoms with van der Waals surface area (Å²) in [5.41, 5.74) is -0.361. The highest BCUT2D eigenvalue weighted by molar-refractivity contribution is 7.15. The predicted octanol–water partition coefficient (Wildman–Crippen LogP) is 1.18. The van der Waals surface area contributed by atoms with Crippen LogP contribution in [0.25, 0.3) is 6.08 Å². The molecule has 0 radical (unpaired) electrons. The van der Waals surface area contributed by atoms with Gasteiger partial charge in [-0.15, -0.1) is 11.3 Å². The Bertz CT molecular complexity index is 712. The second kappa shape index (κ2) is 5.93. The zero-order chi connectivity index (χ0) is 14.5. The number of rotatable bonds is 4. The average Bonchev–Trinajstić information content (AvgIpc) is 2.88. The summed E-state index contributed by atoms with van der Waals surface area (Å²) in [5.74, 6) is -1.21. The molecular formula is C12H9N3O4S. The van der Waals surface area contributed by atoms with Gasteiger partial charge in [-0.2, -0.15) is 5.10 Å². The third-order valence-corrected chi connectivity index (χ3v) is 3.21. The first-order chi connectivity index (χ1) is 9.54. The summed E-state index contributed by atoms with van der Waals surface area (Å²) in [4.78, 5) is 34.1. The number of nitrogens with zero attached hydrogens (tertiary/aromatic N) is 1. The molecule has 0 saturated heterocycles. The molecule has 0 bridgehead atoms. The van der Waals surface area contributed by atoms with Crippen molar-refractivity contribution < 1.29 is 14.7 Å². The van der Waals surface area contributed by atoms with Gasteiger partial charge in [0.2, 0.25) is 0 Å². The number of amides is 1. The third kappa shape index (κ3) is 3.62. The highest BCUT2D eigenvalue weighted by Gasteiger charge is 2.09. The van der Waals surface area contributed by atoms with Gasteiger partial charge in [-0.25, -0.2) is 9.89 Å². The number of H-pyrrole nitrogens is 1. The van der Waals surface area contributed by atoms with Gasteiger partial charge in [0.1, 0.15) is 0 Å². The Balaban J connectivity index is 2.08. The van der Waals surface area contributed by atoms with E-state index in [2.05, 4.69) is 15.5 Å². The summed E-state index contributed by atoms with van der Waals surface area (Å²) in [6.45, 7) is 0. The Morgan fingerprint density at radius 1 is 1.30 bits per heavy atom. The zero-order valence-corrected chi connectivity index (χ0v) is 10.8. The van der Waals surface area contributed by atoms with Gasteiger partial charge < -0.3 is 10.4 Å². The summed E-state index contributed by atoms with van der Waals surface area (Å²) in [5, 5.41) is 16.9. The summed E-state index contributed by atoms with van der Waals surface area (Å²) >= 11 is 1.14. The van der Waals surface area contributed by atoms with Crippen LogP contribution in [0, 0.1) is 0 Å². The molecule has 102 valence electrons. The van der Waals surface area contributed by atoms with Crippen LogP contribution < -0.4 is 10.9 Å². The molecule has 2 rings (SSSR count). The molecule has 2 heterocycles. The minimum atomic E-state index is -1.05. The number of aromatic nitrogens is 2. The maximum atomic E-state index is 11.9. The van der Waals surface area contributed by atoms with Gasteiger partial charge in [0.25, 0.3) is 11.5 Å². The summed E-state index contributed by atoms with van der Waals surface area (Å²) in [6, 6.07) is 5.85. The second-order valence-corrected chi connectivity index (χ2v) is 4.75. The highest BCUT2D eigenvalue weighted by atomic mass is 32.1. The Hall–Kier alpha value is -2.74. The number of hydrogen-bond donors (Lipinski definition) is 3. The van der Waals surface area contributed by atoms with E-state index < -0.39 is 5.97 Å². The van der Waals surface area contributed by atoms with E-state index in [9.17, 15) is 14.4 Å². The Morgan fingerprint density at radius 3 is 2.75 bits per heavy atom. The van der Waals surface area contributed by atoms with Crippen molar-refractivity contribution in [2.24, 2.45) is 0 Å². The number of carboxylic acids is 1. The lowest BCUT2D eigenvalue weighted by molar-refractivity contribution is -0.131. The van der Waals surface area contributed by atoms with Crippen molar-refractivity contribution in [3.05, 3.63) is 50.4 Å². The van der Waals surface area contributed by atoms with Crippen LogP contribution in [0.15, 0.2) is 35.1 Å². The van der Waals surface area contributed by atoms with Crippen molar-refractivity contribution in [3.8, 4) is 0 Å². The molecule has 2 aromatic rings. The number of carbonyl (C=O) groups excluding carboxylic acids is 1. The van der Waals surface area contributed by atoms with Gasteiger partial charge in [-0.05, 0) is 24.3 Å². The molecule has 0 atom stereocenters. The summed E-state index contributed by atoms with van der Waals surface area (Å²) in [7, 11) is 0. The number of anilines is 1. The first kappa shape index (κ1) is 13.7. The van der Waals surface area contributed by atoms with Crippen LogP contribution in [0.2, 0.25) is 0 Å². The van der Waals surface area contributed by atoms with Crippen molar-refractivity contribution in [1.29, 1.82) is 0 Å². The van der Waals surface area contributed by atoms with Crippen molar-refractivity contribution in [1.82, 2.24) is 10.2 Å². The molecule has 0 aliphatic heterocycles. The van der Waals surface area contributed by atoms with Gasteiger partial charge >= 0.3 is 5.97 Å². The SMILES string of the molecule is O=C(O)/C=C/c1ccc(C(=O)Nc2ccc(=O)[nH]n2)s1. The Morgan fingerprint density at radius 2 is 2.10 bits per heavy atom. The molecule has 0 saturated carbocycles. The van der Waals surface area contributed by atoms with E-state index in [0.717, 1.165) is 17.4 Å². The third-order valence-electron chi connectivity index (χ3n) is 2.16. The summed E-state index contributed by atoms with van der Waals surface area (Å²) < 4.78 is 0. The number of aliphatic carboxylic acids is 1. The van der Waals surface area contributed by atoms with E-state index in [0.29, 0.717) is 9.75 Å². The minimum absolute atomic E-state index is 0.227. The number of hydrogen-bond acceptors (Lipinski definition) is 5. The topological polar surface area (TPSA) is 112 Å². The minimum Gasteiger partial charge on any atom is -0.478 e. The molecular weight excluding hydrogens is 282 g/mol. The molecule has 0 unspecified atom stereocenters. The molecule has 20 heavy (non-hydrogen) atoms. The predicted molar refractivity (Wildman–Crippen MR) is 73.8 cm³/mol. The smallest absolute Gasteiger partial charge is 0.328 e. The molecule has 0 spiro atoms. The van der Waals surface area contributed by atoms with E-state index >= 15 is 0 Å². The van der Waals surface area contributed by atoms with E-state index in [1.165, 1.54) is 18.2 Å². The van der Waals surface area contributed by atoms with Crippen LogP contribution in [0.1, 0.15) is 14.5 Å². The van der Waals surface area contributed by atoms with Gasteiger partial charge in [0, 0.05) is 17.0 Å².